The lowest BCUT2D eigenvalue weighted by Crippen LogP contribution is -2.38. The Bertz CT molecular complexity index is 471. The van der Waals surface area contributed by atoms with Crippen LogP contribution in [0.15, 0.2) is 18.2 Å². The van der Waals surface area contributed by atoms with Crippen molar-refractivity contribution in [1.82, 2.24) is 5.32 Å². The van der Waals surface area contributed by atoms with Crippen molar-refractivity contribution in [1.29, 1.82) is 0 Å². The first-order valence-electron chi connectivity index (χ1n) is 5.98. The molecule has 5 nitrogen and oxygen atoms in total. The van der Waals surface area contributed by atoms with Gasteiger partial charge >= 0.3 is 0 Å². The standard InChI is InChI=1S/C14H19NO4/c1-9(10(2)16)15-14(17)8-11-5-6-12(18-3)13(7-11)19-4/h5-7,9H,8H2,1-4H3,(H,15,17). The topological polar surface area (TPSA) is 64.6 Å². The molecule has 5 heteroatoms. The third-order valence-electron chi connectivity index (χ3n) is 2.80. The molecule has 1 atom stereocenters. The summed E-state index contributed by atoms with van der Waals surface area (Å²) in [6, 6.07) is 4.82. The minimum atomic E-state index is -0.465. The maximum absolute atomic E-state index is 11.7. The Hall–Kier alpha value is -2.04. The molecule has 1 N–H and O–H groups in total. The van der Waals surface area contributed by atoms with E-state index in [4.69, 9.17) is 9.47 Å². The molecule has 1 amide bonds. The first-order valence-corrected chi connectivity index (χ1v) is 5.98. The van der Waals surface area contributed by atoms with Gasteiger partial charge in [-0.25, -0.2) is 0 Å². The highest BCUT2D eigenvalue weighted by atomic mass is 16.5. The highest BCUT2D eigenvalue weighted by Gasteiger charge is 2.12. The van der Waals surface area contributed by atoms with Gasteiger partial charge in [0.2, 0.25) is 5.91 Å². The Morgan fingerprint density at radius 2 is 1.84 bits per heavy atom. The van der Waals surface area contributed by atoms with Crippen LogP contribution in [0.5, 0.6) is 11.5 Å². The molecule has 0 saturated carbocycles. The molecule has 19 heavy (non-hydrogen) atoms. The zero-order chi connectivity index (χ0) is 14.4. The van der Waals surface area contributed by atoms with Gasteiger partial charge < -0.3 is 14.8 Å². The molecule has 0 heterocycles. The molecule has 0 fully saturated rings. The predicted molar refractivity (Wildman–Crippen MR) is 71.5 cm³/mol. The van der Waals surface area contributed by atoms with Crippen LogP contribution in [0.1, 0.15) is 19.4 Å². The highest BCUT2D eigenvalue weighted by molar-refractivity contribution is 5.87. The first-order chi connectivity index (χ1) is 8.97. The summed E-state index contributed by atoms with van der Waals surface area (Å²) in [5.41, 5.74) is 0.797. The summed E-state index contributed by atoms with van der Waals surface area (Å²) in [6.07, 6.45) is 0.192. The monoisotopic (exact) mass is 265 g/mol. The second-order valence-electron chi connectivity index (χ2n) is 4.27. The van der Waals surface area contributed by atoms with E-state index in [0.29, 0.717) is 11.5 Å². The molecule has 0 aliphatic carbocycles. The number of Topliss-reactive ketones (excluding diaryl/α,β-unsaturated/α-hetero) is 1. The molecule has 0 aliphatic heterocycles. The molecular formula is C14H19NO4. The number of amides is 1. The van der Waals surface area contributed by atoms with Gasteiger partial charge in [-0.1, -0.05) is 6.07 Å². The summed E-state index contributed by atoms with van der Waals surface area (Å²) in [4.78, 5) is 22.8. The third kappa shape index (κ3) is 4.28. The van der Waals surface area contributed by atoms with Crippen LogP contribution in [0.4, 0.5) is 0 Å². The molecule has 1 aromatic rings. The molecule has 1 aromatic carbocycles. The number of rotatable bonds is 6. The zero-order valence-electron chi connectivity index (χ0n) is 11.6. The average Bonchev–Trinajstić information content (AvgIpc) is 2.38. The van der Waals surface area contributed by atoms with E-state index in [1.54, 1.807) is 39.3 Å². The predicted octanol–water partition coefficient (Wildman–Crippen LogP) is 1.34. The van der Waals surface area contributed by atoms with E-state index in [9.17, 15) is 9.59 Å². The molecule has 0 bridgehead atoms. The van der Waals surface area contributed by atoms with Crippen molar-refractivity contribution in [3.05, 3.63) is 23.8 Å². The van der Waals surface area contributed by atoms with Gasteiger partial charge in [0.25, 0.3) is 0 Å². The average molecular weight is 265 g/mol. The van der Waals surface area contributed by atoms with E-state index in [-0.39, 0.29) is 18.1 Å². The SMILES string of the molecule is COc1ccc(CC(=O)NC(C)C(C)=O)cc1OC. The van der Waals surface area contributed by atoms with Crippen molar-refractivity contribution in [2.24, 2.45) is 0 Å². The Kier molecular flexibility index (Phi) is 5.36. The number of methoxy groups -OCH3 is 2. The van der Waals surface area contributed by atoms with E-state index >= 15 is 0 Å². The number of carbonyl (C=O) groups excluding carboxylic acids is 2. The van der Waals surface area contributed by atoms with Crippen molar-refractivity contribution in [3.8, 4) is 11.5 Å². The van der Waals surface area contributed by atoms with E-state index in [1.807, 2.05) is 0 Å². The van der Waals surface area contributed by atoms with Crippen molar-refractivity contribution >= 4 is 11.7 Å². The van der Waals surface area contributed by atoms with Crippen LogP contribution < -0.4 is 14.8 Å². The van der Waals surface area contributed by atoms with Crippen LogP contribution >= 0.6 is 0 Å². The minimum absolute atomic E-state index is 0.0688. The summed E-state index contributed by atoms with van der Waals surface area (Å²) >= 11 is 0. The summed E-state index contributed by atoms with van der Waals surface area (Å²) in [5, 5.41) is 2.63. The second kappa shape index (κ2) is 6.78. The lowest BCUT2D eigenvalue weighted by molar-refractivity contribution is -0.126. The van der Waals surface area contributed by atoms with Gasteiger partial charge in [0.15, 0.2) is 17.3 Å². The Labute approximate surface area is 112 Å². The summed E-state index contributed by atoms with van der Waals surface area (Å²) in [5.74, 6) is 0.923. The van der Waals surface area contributed by atoms with E-state index in [0.717, 1.165) is 5.56 Å². The quantitative estimate of drug-likeness (QED) is 0.843. The van der Waals surface area contributed by atoms with Crippen molar-refractivity contribution in [2.45, 2.75) is 26.3 Å². The van der Waals surface area contributed by atoms with Crippen LogP contribution in [0, 0.1) is 0 Å². The molecule has 1 rings (SSSR count). The number of benzene rings is 1. The number of carbonyl (C=O) groups is 2. The van der Waals surface area contributed by atoms with Crippen molar-refractivity contribution < 1.29 is 19.1 Å². The molecule has 0 radical (unpaired) electrons. The number of ether oxygens (including phenoxy) is 2. The fourth-order valence-corrected chi connectivity index (χ4v) is 1.57. The normalized spacial score (nSPS) is 11.6. The maximum Gasteiger partial charge on any atom is 0.224 e. The molecule has 0 saturated heterocycles. The van der Waals surface area contributed by atoms with Gasteiger partial charge in [-0.2, -0.15) is 0 Å². The van der Waals surface area contributed by atoms with E-state index in [2.05, 4.69) is 5.32 Å². The Morgan fingerprint density at radius 1 is 1.21 bits per heavy atom. The minimum Gasteiger partial charge on any atom is -0.493 e. The van der Waals surface area contributed by atoms with Gasteiger partial charge in [0.05, 0.1) is 26.7 Å². The number of ketones is 1. The molecular weight excluding hydrogens is 246 g/mol. The Balaban J connectivity index is 2.72. The molecule has 0 aromatic heterocycles. The van der Waals surface area contributed by atoms with E-state index < -0.39 is 6.04 Å². The van der Waals surface area contributed by atoms with Crippen LogP contribution in [0.25, 0.3) is 0 Å². The summed E-state index contributed by atoms with van der Waals surface area (Å²) < 4.78 is 10.3. The van der Waals surface area contributed by atoms with Gasteiger partial charge in [-0.15, -0.1) is 0 Å². The third-order valence-corrected chi connectivity index (χ3v) is 2.80. The van der Waals surface area contributed by atoms with Crippen molar-refractivity contribution in [3.63, 3.8) is 0 Å². The van der Waals surface area contributed by atoms with Crippen LogP contribution in [-0.2, 0) is 16.0 Å². The molecule has 0 spiro atoms. The van der Waals surface area contributed by atoms with Gasteiger partial charge in [-0.05, 0) is 31.5 Å². The lowest BCUT2D eigenvalue weighted by Gasteiger charge is -2.12. The van der Waals surface area contributed by atoms with Crippen LogP contribution in [0.3, 0.4) is 0 Å². The number of hydrogen-bond donors (Lipinski definition) is 1. The van der Waals surface area contributed by atoms with Gasteiger partial charge in [0.1, 0.15) is 0 Å². The van der Waals surface area contributed by atoms with E-state index in [1.165, 1.54) is 6.92 Å². The fourth-order valence-electron chi connectivity index (χ4n) is 1.57. The first kappa shape index (κ1) is 15.0. The maximum atomic E-state index is 11.7. The molecule has 1 unspecified atom stereocenters. The lowest BCUT2D eigenvalue weighted by atomic mass is 10.1. The molecule has 0 aliphatic rings. The number of hydrogen-bond acceptors (Lipinski definition) is 4. The second-order valence-corrected chi connectivity index (χ2v) is 4.27. The number of nitrogens with one attached hydrogen (secondary N) is 1. The van der Waals surface area contributed by atoms with Crippen LogP contribution in [-0.4, -0.2) is 32.0 Å². The zero-order valence-corrected chi connectivity index (χ0v) is 11.6. The largest absolute Gasteiger partial charge is 0.493 e. The van der Waals surface area contributed by atoms with Crippen molar-refractivity contribution in [2.75, 3.05) is 14.2 Å². The fraction of sp³-hybridized carbons (Fsp3) is 0.429. The summed E-state index contributed by atoms with van der Waals surface area (Å²) in [6.45, 7) is 3.11. The van der Waals surface area contributed by atoms with Crippen LogP contribution in [0.2, 0.25) is 0 Å². The molecule has 104 valence electrons. The van der Waals surface area contributed by atoms with Gasteiger partial charge in [0, 0.05) is 0 Å². The smallest absolute Gasteiger partial charge is 0.224 e. The Morgan fingerprint density at radius 3 is 2.37 bits per heavy atom. The highest BCUT2D eigenvalue weighted by Crippen LogP contribution is 2.27. The summed E-state index contributed by atoms with van der Waals surface area (Å²) in [7, 11) is 3.10. The van der Waals surface area contributed by atoms with Gasteiger partial charge in [-0.3, -0.25) is 9.59 Å².